The molecule has 0 atom stereocenters. The first-order valence-electron chi connectivity index (χ1n) is 12.8. The van der Waals surface area contributed by atoms with E-state index in [1.54, 1.807) is 23.0 Å². The summed E-state index contributed by atoms with van der Waals surface area (Å²) in [7, 11) is 1.49. The number of aromatic nitrogens is 4. The summed E-state index contributed by atoms with van der Waals surface area (Å²) in [6, 6.07) is 17.7. The lowest BCUT2D eigenvalue weighted by Crippen LogP contribution is -2.22. The van der Waals surface area contributed by atoms with Gasteiger partial charge in [0.15, 0.2) is 0 Å². The standard InChI is InChI=1S/C30H28FN7O3.2ClH/c1-30(2,3)26-17-27(38(37-26)19-7-9-23-18(14-19)6-5-12-33-23)36-29(40)35-24-10-8-20(15-22(24)31)41-21-11-13-34-25(16-21)28(39)32-4;;/h5-17H,1-4H3,(H,32,39)(H2,35,36,40);2*1H. The maximum absolute atomic E-state index is 14.9. The van der Waals surface area contributed by atoms with Crippen LogP contribution in [-0.4, -0.2) is 38.7 Å². The molecule has 0 unspecified atom stereocenters. The second-order valence-corrected chi connectivity index (χ2v) is 10.2. The quantitative estimate of drug-likeness (QED) is 0.189. The van der Waals surface area contributed by atoms with Gasteiger partial charge in [-0.2, -0.15) is 5.10 Å². The predicted octanol–water partition coefficient (Wildman–Crippen LogP) is 6.89. The highest BCUT2D eigenvalue weighted by Gasteiger charge is 2.22. The molecule has 0 saturated heterocycles. The summed E-state index contributed by atoms with van der Waals surface area (Å²) in [5, 5.41) is 13.5. The highest BCUT2D eigenvalue weighted by molar-refractivity contribution is 5.99. The molecule has 224 valence electrons. The zero-order valence-electron chi connectivity index (χ0n) is 23.7. The largest absolute Gasteiger partial charge is 0.457 e. The number of halogens is 3. The van der Waals surface area contributed by atoms with Crippen molar-refractivity contribution < 1.29 is 18.7 Å². The Hall–Kier alpha value is -4.74. The van der Waals surface area contributed by atoms with Crippen molar-refractivity contribution in [3.8, 4) is 17.2 Å². The monoisotopic (exact) mass is 625 g/mol. The summed E-state index contributed by atoms with van der Waals surface area (Å²) < 4.78 is 22.3. The van der Waals surface area contributed by atoms with Crippen LogP contribution in [0.25, 0.3) is 16.6 Å². The minimum absolute atomic E-state index is 0. The van der Waals surface area contributed by atoms with Crippen molar-refractivity contribution in [2.45, 2.75) is 26.2 Å². The van der Waals surface area contributed by atoms with E-state index in [0.717, 1.165) is 28.4 Å². The summed E-state index contributed by atoms with van der Waals surface area (Å²) in [4.78, 5) is 33.1. The predicted molar refractivity (Wildman–Crippen MR) is 169 cm³/mol. The first-order valence-corrected chi connectivity index (χ1v) is 12.8. The van der Waals surface area contributed by atoms with Crippen molar-refractivity contribution in [3.05, 3.63) is 96.3 Å². The van der Waals surface area contributed by atoms with Crippen LogP contribution in [0, 0.1) is 5.82 Å². The third kappa shape index (κ3) is 7.56. The molecular formula is C30H30Cl2FN7O3. The van der Waals surface area contributed by atoms with Crippen molar-refractivity contribution in [1.29, 1.82) is 0 Å². The Labute approximate surface area is 259 Å². The van der Waals surface area contributed by atoms with E-state index in [4.69, 9.17) is 9.84 Å². The van der Waals surface area contributed by atoms with Gasteiger partial charge in [0.2, 0.25) is 0 Å². The maximum atomic E-state index is 14.9. The summed E-state index contributed by atoms with van der Waals surface area (Å²) in [6.07, 6.45) is 3.15. The number of urea groups is 1. The highest BCUT2D eigenvalue weighted by Crippen LogP contribution is 2.29. The fraction of sp³-hybridized carbons (Fsp3) is 0.167. The maximum Gasteiger partial charge on any atom is 0.324 e. The number of nitrogens with zero attached hydrogens (tertiary/aromatic N) is 4. The highest BCUT2D eigenvalue weighted by atomic mass is 35.5. The summed E-state index contributed by atoms with van der Waals surface area (Å²) in [6.45, 7) is 6.08. The number of amides is 3. The van der Waals surface area contributed by atoms with Gasteiger partial charge in [0.05, 0.1) is 22.6 Å². The molecule has 0 aliphatic rings. The molecular weight excluding hydrogens is 596 g/mol. The van der Waals surface area contributed by atoms with Gasteiger partial charge >= 0.3 is 6.03 Å². The number of hydrogen-bond donors (Lipinski definition) is 3. The molecule has 13 heteroatoms. The fourth-order valence-corrected chi connectivity index (χ4v) is 4.02. The normalized spacial score (nSPS) is 10.7. The van der Waals surface area contributed by atoms with Gasteiger partial charge in [0, 0.05) is 48.4 Å². The van der Waals surface area contributed by atoms with Gasteiger partial charge < -0.3 is 15.4 Å². The molecule has 3 aromatic heterocycles. The van der Waals surface area contributed by atoms with Gasteiger partial charge in [-0.05, 0) is 42.5 Å². The molecule has 10 nitrogen and oxygen atoms in total. The molecule has 0 aliphatic heterocycles. The van der Waals surface area contributed by atoms with E-state index < -0.39 is 11.8 Å². The van der Waals surface area contributed by atoms with Crippen LogP contribution in [0.5, 0.6) is 11.5 Å². The van der Waals surface area contributed by atoms with Gasteiger partial charge in [0.25, 0.3) is 5.91 Å². The Bertz CT molecular complexity index is 1770. The minimum atomic E-state index is -0.704. The fourth-order valence-electron chi connectivity index (χ4n) is 4.02. The summed E-state index contributed by atoms with van der Waals surface area (Å²) in [5.41, 5.74) is 2.17. The lowest BCUT2D eigenvalue weighted by Gasteiger charge is -2.14. The second kappa shape index (κ2) is 13.5. The van der Waals surface area contributed by atoms with Crippen molar-refractivity contribution >= 4 is 59.2 Å². The van der Waals surface area contributed by atoms with Crippen LogP contribution in [0.3, 0.4) is 0 Å². The SMILES string of the molecule is CNC(=O)c1cc(Oc2ccc(NC(=O)Nc3cc(C(C)(C)C)nn3-c3ccc4ncccc4c3)c(F)c2)ccn1.Cl.Cl. The number of anilines is 2. The van der Waals surface area contributed by atoms with Gasteiger partial charge in [0.1, 0.15) is 28.8 Å². The number of carbonyl (C=O) groups excluding carboxylic acids is 2. The first kappa shape index (κ1) is 32.8. The Morgan fingerprint density at radius 3 is 2.37 bits per heavy atom. The molecule has 2 aromatic carbocycles. The molecule has 5 rings (SSSR count). The molecule has 0 spiro atoms. The van der Waals surface area contributed by atoms with Crippen molar-refractivity contribution in [3.63, 3.8) is 0 Å². The third-order valence-electron chi connectivity index (χ3n) is 6.17. The molecule has 0 aliphatic carbocycles. The van der Waals surface area contributed by atoms with Crippen LogP contribution >= 0.6 is 24.8 Å². The molecule has 3 N–H and O–H groups in total. The molecule has 5 aromatic rings. The third-order valence-corrected chi connectivity index (χ3v) is 6.17. The average Bonchev–Trinajstić information content (AvgIpc) is 3.38. The molecule has 43 heavy (non-hydrogen) atoms. The van der Waals surface area contributed by atoms with Crippen LogP contribution in [0.15, 0.2) is 79.1 Å². The minimum Gasteiger partial charge on any atom is -0.457 e. The van der Waals surface area contributed by atoms with E-state index in [0.29, 0.717) is 11.6 Å². The van der Waals surface area contributed by atoms with Crippen molar-refractivity contribution in [1.82, 2.24) is 25.1 Å². The van der Waals surface area contributed by atoms with Crippen LogP contribution in [-0.2, 0) is 5.41 Å². The van der Waals surface area contributed by atoms with Crippen LogP contribution in [0.2, 0.25) is 0 Å². The Kier molecular flexibility index (Phi) is 10.3. The lowest BCUT2D eigenvalue weighted by molar-refractivity contribution is 0.0957. The number of nitrogens with one attached hydrogen (secondary N) is 3. The summed E-state index contributed by atoms with van der Waals surface area (Å²) in [5.74, 6) is -0.171. The van der Waals surface area contributed by atoms with E-state index >= 15 is 0 Å². The Balaban J connectivity index is 0.00000253. The number of pyridine rings is 2. The summed E-state index contributed by atoms with van der Waals surface area (Å²) >= 11 is 0. The number of hydrogen-bond acceptors (Lipinski definition) is 6. The Morgan fingerprint density at radius 2 is 1.65 bits per heavy atom. The molecule has 3 amide bonds. The number of fused-ring (bicyclic) bond motifs is 1. The molecule has 3 heterocycles. The lowest BCUT2D eigenvalue weighted by atomic mass is 9.92. The smallest absolute Gasteiger partial charge is 0.324 e. The number of rotatable bonds is 6. The first-order chi connectivity index (χ1) is 19.6. The van der Waals surface area contributed by atoms with Gasteiger partial charge in [-0.1, -0.05) is 26.8 Å². The van der Waals surface area contributed by atoms with Crippen molar-refractivity contribution in [2.24, 2.45) is 0 Å². The number of ether oxygens (including phenoxy) is 1. The van der Waals surface area contributed by atoms with E-state index in [2.05, 4.69) is 25.9 Å². The Morgan fingerprint density at radius 1 is 0.884 bits per heavy atom. The molecule has 0 saturated carbocycles. The van der Waals surface area contributed by atoms with Gasteiger partial charge in [-0.15, -0.1) is 24.8 Å². The van der Waals surface area contributed by atoms with Crippen LogP contribution in [0.1, 0.15) is 37.0 Å². The average molecular weight is 627 g/mol. The van der Waals surface area contributed by atoms with Gasteiger partial charge in [-0.3, -0.25) is 20.1 Å². The van der Waals surface area contributed by atoms with Crippen LogP contribution < -0.4 is 20.7 Å². The van der Waals surface area contributed by atoms with Crippen LogP contribution in [0.4, 0.5) is 20.7 Å². The zero-order chi connectivity index (χ0) is 29.1. The number of benzene rings is 2. The van der Waals surface area contributed by atoms with E-state index in [-0.39, 0.29) is 53.3 Å². The van der Waals surface area contributed by atoms with E-state index in [1.165, 1.54) is 31.4 Å². The molecule has 0 radical (unpaired) electrons. The van der Waals surface area contributed by atoms with E-state index in [1.807, 2.05) is 51.1 Å². The topological polar surface area (TPSA) is 123 Å². The molecule has 0 fully saturated rings. The number of carbonyl (C=O) groups is 2. The second-order valence-electron chi connectivity index (χ2n) is 10.2. The zero-order valence-corrected chi connectivity index (χ0v) is 25.3. The van der Waals surface area contributed by atoms with E-state index in [9.17, 15) is 14.0 Å². The van der Waals surface area contributed by atoms with Gasteiger partial charge in [-0.25, -0.2) is 13.9 Å². The van der Waals surface area contributed by atoms with Crippen molar-refractivity contribution in [2.75, 3.05) is 17.7 Å². The molecule has 0 bridgehead atoms.